The van der Waals surface area contributed by atoms with Crippen LogP contribution in [-0.2, 0) is 9.59 Å². The molecule has 0 spiro atoms. The summed E-state index contributed by atoms with van der Waals surface area (Å²) >= 11 is 0. The molecule has 2 N–H and O–H groups in total. The van der Waals surface area contributed by atoms with E-state index in [1.807, 2.05) is 38.1 Å². The number of methoxy groups -OCH3 is 1. The number of aromatic amines is 1. The average Bonchev–Trinajstić information content (AvgIpc) is 3.37. The second kappa shape index (κ2) is 8.15. The summed E-state index contributed by atoms with van der Waals surface area (Å²) in [4.78, 5) is 39.8. The van der Waals surface area contributed by atoms with Crippen molar-refractivity contribution in [2.45, 2.75) is 19.9 Å². The van der Waals surface area contributed by atoms with Crippen molar-refractivity contribution in [2.75, 3.05) is 12.0 Å². The molecule has 2 aromatic carbocycles. The van der Waals surface area contributed by atoms with Crippen LogP contribution in [0.1, 0.15) is 28.3 Å². The summed E-state index contributed by atoms with van der Waals surface area (Å²) in [6.07, 6.45) is 3.17. The highest BCUT2D eigenvalue weighted by Gasteiger charge is 2.48. The maximum Gasteiger partial charge on any atom is 0.302 e. The Morgan fingerprint density at radius 1 is 1.09 bits per heavy atom. The number of aromatic nitrogens is 3. The molecule has 0 aliphatic carbocycles. The third-order valence-corrected chi connectivity index (χ3v) is 5.91. The normalized spacial score (nSPS) is 17.5. The highest BCUT2D eigenvalue weighted by molar-refractivity contribution is 6.51. The van der Waals surface area contributed by atoms with Crippen molar-refractivity contribution >= 4 is 34.4 Å². The van der Waals surface area contributed by atoms with Gasteiger partial charge in [-0.2, -0.15) is 0 Å². The van der Waals surface area contributed by atoms with Crippen LogP contribution in [0.3, 0.4) is 0 Å². The number of pyridine rings is 1. The molecule has 4 aromatic rings. The Labute approximate surface area is 195 Å². The Kier molecular flexibility index (Phi) is 5.13. The molecule has 34 heavy (non-hydrogen) atoms. The summed E-state index contributed by atoms with van der Waals surface area (Å²) < 4.78 is 5.41. The van der Waals surface area contributed by atoms with E-state index in [9.17, 15) is 14.7 Å². The number of ketones is 1. The number of rotatable bonds is 4. The average molecular weight is 454 g/mol. The maximum atomic E-state index is 13.3. The first kappa shape index (κ1) is 21.4. The van der Waals surface area contributed by atoms with Gasteiger partial charge in [-0.05, 0) is 55.3 Å². The summed E-state index contributed by atoms with van der Waals surface area (Å²) in [5.41, 5.74) is 4.12. The molecule has 1 atom stereocenters. The number of imidazole rings is 1. The molecule has 8 nitrogen and oxygen atoms in total. The topological polar surface area (TPSA) is 108 Å². The molecular weight excluding hydrogens is 432 g/mol. The van der Waals surface area contributed by atoms with Crippen molar-refractivity contribution in [3.8, 4) is 5.75 Å². The number of aliphatic hydroxyl groups is 1. The van der Waals surface area contributed by atoms with Crippen LogP contribution >= 0.6 is 0 Å². The summed E-state index contributed by atoms with van der Waals surface area (Å²) in [6, 6.07) is 13.5. The molecule has 1 aliphatic heterocycles. The first-order valence-corrected chi connectivity index (χ1v) is 10.7. The number of anilines is 1. The number of aliphatic hydroxyl groups excluding tert-OH is 1. The minimum absolute atomic E-state index is 0.0569. The van der Waals surface area contributed by atoms with Gasteiger partial charge < -0.3 is 14.8 Å². The monoisotopic (exact) mass is 454 g/mol. The molecular formula is C26H22N4O4. The molecule has 0 radical (unpaired) electrons. The minimum atomic E-state index is -0.930. The number of hydrogen-bond donors (Lipinski definition) is 2. The van der Waals surface area contributed by atoms with Gasteiger partial charge in [0.05, 0.1) is 35.3 Å². The quantitative estimate of drug-likeness (QED) is 0.272. The van der Waals surface area contributed by atoms with E-state index in [0.717, 1.165) is 16.6 Å². The van der Waals surface area contributed by atoms with Crippen LogP contribution in [0.2, 0.25) is 0 Å². The first-order valence-electron chi connectivity index (χ1n) is 10.7. The van der Waals surface area contributed by atoms with E-state index in [1.165, 1.54) is 12.0 Å². The number of nitrogens with zero attached hydrogens (tertiary/aromatic N) is 3. The van der Waals surface area contributed by atoms with E-state index >= 15 is 0 Å². The van der Waals surface area contributed by atoms with Gasteiger partial charge in [0, 0.05) is 12.4 Å². The number of ether oxygens (including phenoxy) is 1. The zero-order chi connectivity index (χ0) is 24.0. The predicted octanol–water partition coefficient (Wildman–Crippen LogP) is 4.21. The van der Waals surface area contributed by atoms with Crippen LogP contribution in [-0.4, -0.2) is 38.9 Å². The van der Waals surface area contributed by atoms with Crippen LogP contribution in [0.4, 0.5) is 5.95 Å². The van der Waals surface area contributed by atoms with E-state index in [1.54, 1.807) is 36.7 Å². The fourth-order valence-electron chi connectivity index (χ4n) is 4.28. The van der Waals surface area contributed by atoms with Crippen LogP contribution < -0.4 is 9.64 Å². The van der Waals surface area contributed by atoms with E-state index < -0.39 is 17.7 Å². The molecule has 3 heterocycles. The zero-order valence-electron chi connectivity index (χ0n) is 18.9. The van der Waals surface area contributed by atoms with Gasteiger partial charge in [-0.3, -0.25) is 19.5 Å². The summed E-state index contributed by atoms with van der Waals surface area (Å²) in [6.45, 7) is 3.82. The highest BCUT2D eigenvalue weighted by atomic mass is 16.5. The minimum Gasteiger partial charge on any atom is -0.507 e. The molecule has 1 aliphatic rings. The van der Waals surface area contributed by atoms with Crippen LogP contribution in [0.25, 0.3) is 16.8 Å². The van der Waals surface area contributed by atoms with Crippen molar-refractivity contribution < 1.29 is 19.4 Å². The van der Waals surface area contributed by atoms with E-state index in [-0.39, 0.29) is 17.3 Å². The van der Waals surface area contributed by atoms with Gasteiger partial charge in [-0.1, -0.05) is 23.8 Å². The number of benzene rings is 2. The van der Waals surface area contributed by atoms with E-state index in [2.05, 4.69) is 15.0 Å². The van der Waals surface area contributed by atoms with E-state index in [0.29, 0.717) is 22.4 Å². The third kappa shape index (κ3) is 3.40. The van der Waals surface area contributed by atoms with Crippen molar-refractivity contribution in [1.29, 1.82) is 0 Å². The number of carbonyl (C=O) groups is 2. The number of carbonyl (C=O) groups excluding carboxylic acids is 2. The number of H-pyrrole nitrogens is 1. The Bertz CT molecular complexity index is 1470. The molecule has 1 fully saturated rings. The van der Waals surface area contributed by atoms with Gasteiger partial charge in [0.15, 0.2) is 0 Å². The fourth-order valence-corrected chi connectivity index (χ4v) is 4.28. The number of amides is 1. The fraction of sp³-hybridized carbons (Fsp3) is 0.154. The number of aryl methyl sites for hydroxylation is 2. The Morgan fingerprint density at radius 2 is 1.85 bits per heavy atom. The van der Waals surface area contributed by atoms with Crippen LogP contribution in [0.15, 0.2) is 66.5 Å². The molecule has 1 amide bonds. The third-order valence-electron chi connectivity index (χ3n) is 5.91. The van der Waals surface area contributed by atoms with Crippen molar-refractivity contribution in [2.24, 2.45) is 0 Å². The van der Waals surface area contributed by atoms with E-state index in [4.69, 9.17) is 4.74 Å². The molecule has 0 saturated carbocycles. The van der Waals surface area contributed by atoms with Gasteiger partial charge in [-0.15, -0.1) is 0 Å². The van der Waals surface area contributed by atoms with Gasteiger partial charge in [-0.25, -0.2) is 4.98 Å². The Hall–Kier alpha value is -4.46. The Balaban J connectivity index is 1.75. The van der Waals surface area contributed by atoms with Crippen LogP contribution in [0.5, 0.6) is 5.75 Å². The molecule has 2 aromatic heterocycles. The van der Waals surface area contributed by atoms with Crippen molar-refractivity contribution in [1.82, 2.24) is 15.0 Å². The summed E-state index contributed by atoms with van der Waals surface area (Å²) in [7, 11) is 1.48. The number of fused-ring (bicyclic) bond motifs is 1. The van der Waals surface area contributed by atoms with Crippen LogP contribution in [0, 0.1) is 13.8 Å². The summed E-state index contributed by atoms with van der Waals surface area (Å²) in [5, 5.41) is 11.4. The Morgan fingerprint density at radius 3 is 2.59 bits per heavy atom. The van der Waals surface area contributed by atoms with Gasteiger partial charge in [0.1, 0.15) is 11.5 Å². The molecule has 170 valence electrons. The van der Waals surface area contributed by atoms with Crippen molar-refractivity contribution in [3.63, 3.8) is 0 Å². The number of hydrogen-bond acceptors (Lipinski definition) is 6. The lowest BCUT2D eigenvalue weighted by molar-refractivity contribution is -0.132. The lowest BCUT2D eigenvalue weighted by Gasteiger charge is -2.23. The first-order chi connectivity index (χ1) is 16.4. The lowest BCUT2D eigenvalue weighted by Crippen LogP contribution is -2.30. The number of nitrogens with one attached hydrogen (secondary N) is 1. The summed E-state index contributed by atoms with van der Waals surface area (Å²) in [5.74, 6) is -1.32. The molecule has 5 rings (SSSR count). The van der Waals surface area contributed by atoms with Gasteiger partial charge >= 0.3 is 5.91 Å². The highest BCUT2D eigenvalue weighted by Crippen LogP contribution is 2.42. The lowest BCUT2D eigenvalue weighted by atomic mass is 9.95. The molecule has 1 unspecified atom stereocenters. The van der Waals surface area contributed by atoms with Crippen molar-refractivity contribution in [3.05, 3.63) is 88.8 Å². The molecule has 8 heteroatoms. The molecule has 1 saturated heterocycles. The second-order valence-corrected chi connectivity index (χ2v) is 8.24. The molecule has 0 bridgehead atoms. The number of Topliss-reactive ketones (excluding diaryl/α,β-unsaturated/α-hetero) is 1. The van der Waals surface area contributed by atoms with Gasteiger partial charge in [0.2, 0.25) is 5.95 Å². The predicted molar refractivity (Wildman–Crippen MR) is 128 cm³/mol. The largest absolute Gasteiger partial charge is 0.507 e. The second-order valence-electron chi connectivity index (χ2n) is 8.24. The standard InChI is InChI=1S/C26H22N4O4/c1-14-7-9-20(34-3)17(11-14)23(31)21-22(16-5-4-10-27-13-16)30(25(33)24(21)32)26-28-18-8-6-15(2)12-19(18)29-26/h4-13,22,31H,1-3H3,(H,28,29)/b23-21+. The SMILES string of the molecule is COc1ccc(C)cc1/C(O)=C1\C(=O)C(=O)N(c2nc3ccc(C)cc3[nH]2)C1c1cccnc1. The zero-order valence-corrected chi connectivity index (χ0v) is 18.9. The smallest absolute Gasteiger partial charge is 0.302 e. The van der Waals surface area contributed by atoms with Gasteiger partial charge in [0.25, 0.3) is 5.78 Å². The maximum absolute atomic E-state index is 13.3.